The molecular formula is C21H24N4O4. The Morgan fingerprint density at radius 2 is 1.79 bits per heavy atom. The molecule has 2 amide bonds. The summed E-state index contributed by atoms with van der Waals surface area (Å²) in [4.78, 5) is 31.7. The average molecular weight is 396 g/mol. The van der Waals surface area contributed by atoms with E-state index in [-0.39, 0.29) is 12.3 Å². The van der Waals surface area contributed by atoms with Crippen molar-refractivity contribution in [3.05, 3.63) is 54.4 Å². The van der Waals surface area contributed by atoms with Crippen LogP contribution in [0.5, 0.6) is 11.5 Å². The highest BCUT2D eigenvalue weighted by Gasteiger charge is 2.15. The lowest BCUT2D eigenvalue weighted by atomic mass is 10.3. The van der Waals surface area contributed by atoms with Crippen molar-refractivity contribution in [2.75, 3.05) is 6.61 Å². The van der Waals surface area contributed by atoms with Crippen LogP contribution in [0.3, 0.4) is 0 Å². The third kappa shape index (κ3) is 5.71. The highest BCUT2D eigenvalue weighted by Crippen LogP contribution is 2.18. The van der Waals surface area contributed by atoms with Gasteiger partial charge in [-0.25, -0.2) is 4.98 Å². The number of rotatable bonds is 8. The molecule has 8 heteroatoms. The van der Waals surface area contributed by atoms with Crippen LogP contribution in [0.25, 0.3) is 11.0 Å². The maximum absolute atomic E-state index is 12.1. The van der Waals surface area contributed by atoms with Gasteiger partial charge in [-0.05, 0) is 50.2 Å². The van der Waals surface area contributed by atoms with Gasteiger partial charge in [0.25, 0.3) is 5.91 Å². The summed E-state index contributed by atoms with van der Waals surface area (Å²) in [6.45, 7) is 4.09. The number of H-pyrrole nitrogens is 1. The van der Waals surface area contributed by atoms with Crippen molar-refractivity contribution in [3.8, 4) is 11.5 Å². The van der Waals surface area contributed by atoms with E-state index >= 15 is 0 Å². The van der Waals surface area contributed by atoms with Crippen LogP contribution in [0.15, 0.2) is 48.5 Å². The van der Waals surface area contributed by atoms with Crippen LogP contribution in [-0.2, 0) is 16.0 Å². The van der Waals surface area contributed by atoms with Gasteiger partial charge < -0.3 is 14.5 Å². The summed E-state index contributed by atoms with van der Waals surface area (Å²) in [6.07, 6.45) is -0.147. The van der Waals surface area contributed by atoms with E-state index in [0.717, 1.165) is 22.6 Å². The molecule has 0 aliphatic heterocycles. The minimum atomic E-state index is -0.774. The van der Waals surface area contributed by atoms with E-state index in [9.17, 15) is 9.59 Å². The number of hydrogen-bond acceptors (Lipinski definition) is 5. The van der Waals surface area contributed by atoms with Gasteiger partial charge in [0.05, 0.1) is 17.6 Å². The van der Waals surface area contributed by atoms with E-state index < -0.39 is 12.0 Å². The first-order chi connectivity index (χ1) is 14.0. The molecule has 2 aromatic carbocycles. The molecule has 1 atom stereocenters. The Balaban J connectivity index is 1.41. The molecule has 1 aromatic heterocycles. The number of aryl methyl sites for hydroxylation is 1. The number of amides is 2. The normalized spacial score (nSPS) is 11.7. The lowest BCUT2D eigenvalue weighted by Crippen LogP contribution is -2.47. The second-order valence-electron chi connectivity index (χ2n) is 6.40. The highest BCUT2D eigenvalue weighted by molar-refractivity contribution is 5.84. The van der Waals surface area contributed by atoms with E-state index in [2.05, 4.69) is 20.8 Å². The number of para-hydroxylation sites is 2. The smallest absolute Gasteiger partial charge is 0.279 e. The van der Waals surface area contributed by atoms with Gasteiger partial charge in [0, 0.05) is 12.8 Å². The van der Waals surface area contributed by atoms with Crippen molar-refractivity contribution in [3.63, 3.8) is 0 Å². The molecule has 0 fully saturated rings. The standard InChI is InChI=1S/C21H24N4O4/c1-3-28-15-8-10-16(11-9-15)29-14(2)21(27)25-24-20(26)13-12-19-22-17-6-4-5-7-18(17)23-19/h4-11,14H,3,12-13H2,1-2H3,(H,22,23)(H,24,26)(H,25,27). The summed E-state index contributed by atoms with van der Waals surface area (Å²) in [5, 5.41) is 0. The Kier molecular flexibility index (Phi) is 6.67. The topological polar surface area (TPSA) is 105 Å². The molecule has 0 saturated carbocycles. The third-order valence-corrected chi connectivity index (χ3v) is 4.17. The van der Waals surface area contributed by atoms with Crippen LogP contribution < -0.4 is 20.3 Å². The molecule has 29 heavy (non-hydrogen) atoms. The van der Waals surface area contributed by atoms with E-state index in [1.165, 1.54) is 0 Å². The Morgan fingerprint density at radius 1 is 1.07 bits per heavy atom. The van der Waals surface area contributed by atoms with Crippen molar-refractivity contribution in [2.45, 2.75) is 32.8 Å². The Hall–Kier alpha value is -3.55. The lowest BCUT2D eigenvalue weighted by molar-refractivity contribution is -0.132. The molecule has 0 aliphatic carbocycles. The van der Waals surface area contributed by atoms with E-state index in [4.69, 9.17) is 9.47 Å². The molecular weight excluding hydrogens is 372 g/mol. The van der Waals surface area contributed by atoms with Gasteiger partial charge in [0.1, 0.15) is 17.3 Å². The van der Waals surface area contributed by atoms with Gasteiger partial charge >= 0.3 is 0 Å². The number of nitrogens with one attached hydrogen (secondary N) is 3. The second kappa shape index (κ2) is 9.59. The van der Waals surface area contributed by atoms with Crippen LogP contribution in [0.2, 0.25) is 0 Å². The van der Waals surface area contributed by atoms with Gasteiger partial charge in [0.2, 0.25) is 5.91 Å². The van der Waals surface area contributed by atoms with Gasteiger partial charge in [-0.15, -0.1) is 0 Å². The number of aromatic amines is 1. The minimum absolute atomic E-state index is 0.189. The Morgan fingerprint density at radius 3 is 2.52 bits per heavy atom. The molecule has 8 nitrogen and oxygen atoms in total. The summed E-state index contributed by atoms with van der Waals surface area (Å²) in [5.41, 5.74) is 6.56. The van der Waals surface area contributed by atoms with Crippen LogP contribution >= 0.6 is 0 Å². The maximum Gasteiger partial charge on any atom is 0.279 e. The minimum Gasteiger partial charge on any atom is -0.494 e. The summed E-state index contributed by atoms with van der Waals surface area (Å²) in [5.74, 6) is 1.23. The Labute approximate surface area is 168 Å². The lowest BCUT2D eigenvalue weighted by Gasteiger charge is -2.15. The van der Waals surface area contributed by atoms with Crippen LogP contribution in [0.4, 0.5) is 0 Å². The van der Waals surface area contributed by atoms with Gasteiger partial charge in [-0.3, -0.25) is 20.4 Å². The van der Waals surface area contributed by atoms with Crippen molar-refractivity contribution in [1.29, 1.82) is 0 Å². The van der Waals surface area contributed by atoms with Crippen molar-refractivity contribution < 1.29 is 19.1 Å². The first-order valence-corrected chi connectivity index (χ1v) is 9.47. The molecule has 3 aromatic rings. The van der Waals surface area contributed by atoms with E-state index in [0.29, 0.717) is 18.8 Å². The number of imidazole rings is 1. The first-order valence-electron chi connectivity index (χ1n) is 9.47. The van der Waals surface area contributed by atoms with Crippen molar-refractivity contribution >= 4 is 22.8 Å². The molecule has 0 aliphatic rings. The van der Waals surface area contributed by atoms with Crippen LogP contribution in [-0.4, -0.2) is 34.5 Å². The molecule has 152 valence electrons. The molecule has 3 N–H and O–H groups in total. The number of hydrazine groups is 1. The largest absolute Gasteiger partial charge is 0.494 e. The molecule has 3 rings (SSSR count). The number of benzene rings is 2. The number of aromatic nitrogens is 2. The fourth-order valence-electron chi connectivity index (χ4n) is 2.69. The summed E-state index contributed by atoms with van der Waals surface area (Å²) < 4.78 is 10.9. The van der Waals surface area contributed by atoms with E-state index in [1.54, 1.807) is 31.2 Å². The van der Waals surface area contributed by atoms with Crippen LogP contribution in [0, 0.1) is 0 Å². The van der Waals surface area contributed by atoms with Gasteiger partial charge in [0.15, 0.2) is 6.10 Å². The zero-order valence-corrected chi connectivity index (χ0v) is 16.4. The number of nitrogens with zero attached hydrogens (tertiary/aromatic N) is 1. The predicted molar refractivity (Wildman–Crippen MR) is 108 cm³/mol. The number of ether oxygens (including phenoxy) is 2. The van der Waals surface area contributed by atoms with Crippen molar-refractivity contribution in [2.24, 2.45) is 0 Å². The predicted octanol–water partition coefficient (Wildman–Crippen LogP) is 2.51. The fourth-order valence-corrected chi connectivity index (χ4v) is 2.69. The zero-order valence-electron chi connectivity index (χ0n) is 16.4. The fraction of sp³-hybridized carbons (Fsp3) is 0.286. The molecule has 0 radical (unpaired) electrons. The van der Waals surface area contributed by atoms with Gasteiger partial charge in [-0.1, -0.05) is 12.1 Å². The van der Waals surface area contributed by atoms with E-state index in [1.807, 2.05) is 31.2 Å². The maximum atomic E-state index is 12.1. The number of carbonyl (C=O) groups is 2. The second-order valence-corrected chi connectivity index (χ2v) is 6.40. The summed E-state index contributed by atoms with van der Waals surface area (Å²) in [6, 6.07) is 14.6. The Bertz CT molecular complexity index is 935. The molecule has 0 saturated heterocycles. The SMILES string of the molecule is CCOc1ccc(OC(C)C(=O)NNC(=O)CCc2nc3ccccc3[nH]2)cc1. The molecule has 0 spiro atoms. The number of hydrogen-bond donors (Lipinski definition) is 3. The average Bonchev–Trinajstić information content (AvgIpc) is 3.15. The number of fused-ring (bicyclic) bond motifs is 1. The van der Waals surface area contributed by atoms with Crippen molar-refractivity contribution in [1.82, 2.24) is 20.8 Å². The molecule has 1 unspecified atom stereocenters. The number of carbonyl (C=O) groups excluding carboxylic acids is 2. The monoisotopic (exact) mass is 396 g/mol. The zero-order chi connectivity index (χ0) is 20.6. The molecule has 0 bridgehead atoms. The van der Waals surface area contributed by atoms with Gasteiger partial charge in [-0.2, -0.15) is 0 Å². The third-order valence-electron chi connectivity index (χ3n) is 4.17. The quantitative estimate of drug-likeness (QED) is 0.508. The molecule has 1 heterocycles. The van der Waals surface area contributed by atoms with Crippen LogP contribution in [0.1, 0.15) is 26.1 Å². The summed E-state index contributed by atoms with van der Waals surface area (Å²) >= 11 is 0. The first kappa shape index (κ1) is 20.2. The summed E-state index contributed by atoms with van der Waals surface area (Å²) in [7, 11) is 0. The highest BCUT2D eigenvalue weighted by atomic mass is 16.5.